The number of halogens is 1. The van der Waals surface area contributed by atoms with Gasteiger partial charge in [0.05, 0.1) is 29.6 Å². The van der Waals surface area contributed by atoms with Crippen molar-refractivity contribution in [3.05, 3.63) is 44.9 Å². The van der Waals surface area contributed by atoms with Crippen LogP contribution in [0.5, 0.6) is 0 Å². The summed E-state index contributed by atoms with van der Waals surface area (Å²) in [5, 5.41) is 12.1. The minimum absolute atomic E-state index is 0.0237. The van der Waals surface area contributed by atoms with E-state index in [1.165, 1.54) is 16.2 Å². The molecule has 0 fully saturated rings. The molecule has 2 rings (SSSR count). The lowest BCUT2D eigenvalue weighted by molar-refractivity contribution is -0.147. The molecule has 1 aromatic carbocycles. The van der Waals surface area contributed by atoms with Crippen LogP contribution in [0, 0.1) is 25.2 Å². The van der Waals surface area contributed by atoms with Crippen molar-refractivity contribution in [2.75, 3.05) is 18.1 Å². The average molecular weight is 392 g/mol. The molecule has 1 amide bonds. The first-order valence-corrected chi connectivity index (χ1v) is 9.16. The summed E-state index contributed by atoms with van der Waals surface area (Å²) in [6.07, 6.45) is 0.190. The largest absolute Gasteiger partial charge is 0.455 e. The highest BCUT2D eigenvalue weighted by Crippen LogP contribution is 2.23. The Hall–Kier alpha value is -2.43. The molecule has 136 valence electrons. The number of hydrogen-bond acceptors (Lipinski definition) is 6. The smallest absolute Gasteiger partial charge is 0.312 e. The number of carbonyl (C=O) groups is 2. The second-order valence-electron chi connectivity index (χ2n) is 5.58. The number of benzene rings is 1. The number of aromatic nitrogens is 1. The van der Waals surface area contributed by atoms with Gasteiger partial charge in [0.2, 0.25) is 0 Å². The normalized spacial score (nSPS) is 10.2. The number of anilines is 1. The number of hydrogen-bond donors (Lipinski definition) is 0. The summed E-state index contributed by atoms with van der Waals surface area (Å²) in [4.78, 5) is 30.0. The van der Waals surface area contributed by atoms with E-state index in [4.69, 9.17) is 21.6 Å². The van der Waals surface area contributed by atoms with Gasteiger partial charge in [0.15, 0.2) is 6.61 Å². The SMILES string of the molecule is Cc1nc(CC(=O)OCC(=O)N(CCC#N)c2ccc(Cl)c(C)c2)cs1. The molecule has 0 radical (unpaired) electrons. The summed E-state index contributed by atoms with van der Waals surface area (Å²) in [5.41, 5.74) is 2.05. The van der Waals surface area contributed by atoms with E-state index in [-0.39, 0.29) is 19.4 Å². The quantitative estimate of drug-likeness (QED) is 0.675. The minimum atomic E-state index is -0.517. The molecule has 0 aliphatic rings. The predicted molar refractivity (Wildman–Crippen MR) is 100 cm³/mol. The second-order valence-corrected chi connectivity index (χ2v) is 7.05. The summed E-state index contributed by atoms with van der Waals surface area (Å²) in [6.45, 7) is 3.49. The third-order valence-electron chi connectivity index (χ3n) is 3.55. The van der Waals surface area contributed by atoms with Gasteiger partial charge in [-0.25, -0.2) is 4.98 Å². The molecule has 0 atom stereocenters. The number of nitrogens with zero attached hydrogens (tertiary/aromatic N) is 3. The molecule has 0 spiro atoms. The van der Waals surface area contributed by atoms with Gasteiger partial charge >= 0.3 is 5.97 Å². The van der Waals surface area contributed by atoms with Gasteiger partial charge in [0.1, 0.15) is 0 Å². The molecule has 0 bridgehead atoms. The fourth-order valence-electron chi connectivity index (χ4n) is 2.26. The average Bonchev–Trinajstić information content (AvgIpc) is 3.01. The van der Waals surface area contributed by atoms with Crippen LogP contribution in [0.25, 0.3) is 0 Å². The van der Waals surface area contributed by atoms with Crippen LogP contribution in [0.2, 0.25) is 5.02 Å². The first-order chi connectivity index (χ1) is 12.4. The van der Waals surface area contributed by atoms with Gasteiger partial charge in [0, 0.05) is 22.6 Å². The van der Waals surface area contributed by atoms with Gasteiger partial charge in [0.25, 0.3) is 5.91 Å². The van der Waals surface area contributed by atoms with Crippen molar-refractivity contribution in [2.24, 2.45) is 0 Å². The Morgan fingerprint density at radius 2 is 2.15 bits per heavy atom. The minimum Gasteiger partial charge on any atom is -0.455 e. The summed E-state index contributed by atoms with van der Waals surface area (Å²) in [5.74, 6) is -0.916. The molecule has 0 unspecified atom stereocenters. The van der Waals surface area contributed by atoms with Crippen LogP contribution in [0.1, 0.15) is 22.7 Å². The Bertz CT molecular complexity index is 844. The number of thiazole rings is 1. The van der Waals surface area contributed by atoms with Crippen LogP contribution < -0.4 is 4.90 Å². The van der Waals surface area contributed by atoms with E-state index >= 15 is 0 Å². The van der Waals surface area contributed by atoms with E-state index in [2.05, 4.69) is 4.98 Å². The van der Waals surface area contributed by atoms with Crippen molar-refractivity contribution in [3.63, 3.8) is 0 Å². The Labute approximate surface area is 161 Å². The predicted octanol–water partition coefficient (Wildman–Crippen LogP) is 3.45. The van der Waals surface area contributed by atoms with E-state index in [9.17, 15) is 9.59 Å². The number of ether oxygens (including phenoxy) is 1. The van der Waals surface area contributed by atoms with Crippen LogP contribution in [0.3, 0.4) is 0 Å². The number of carbonyl (C=O) groups excluding carboxylic acids is 2. The number of amides is 1. The van der Waals surface area contributed by atoms with Crippen molar-refractivity contribution < 1.29 is 14.3 Å². The summed E-state index contributed by atoms with van der Waals surface area (Å²) in [6, 6.07) is 7.16. The van der Waals surface area contributed by atoms with Crippen molar-refractivity contribution >= 4 is 40.5 Å². The molecule has 0 saturated heterocycles. The van der Waals surface area contributed by atoms with Gasteiger partial charge in [-0.2, -0.15) is 5.26 Å². The Kier molecular flexibility index (Phi) is 7.13. The molecule has 0 aliphatic carbocycles. The zero-order valence-corrected chi connectivity index (χ0v) is 16.1. The van der Waals surface area contributed by atoms with Crippen molar-refractivity contribution in [1.29, 1.82) is 5.26 Å². The Balaban J connectivity index is 2.00. The van der Waals surface area contributed by atoms with Crippen LogP contribution in [0.15, 0.2) is 23.6 Å². The first-order valence-electron chi connectivity index (χ1n) is 7.91. The lowest BCUT2D eigenvalue weighted by Gasteiger charge is -2.22. The zero-order valence-electron chi connectivity index (χ0n) is 14.5. The Morgan fingerprint density at radius 1 is 1.38 bits per heavy atom. The molecule has 1 aromatic heterocycles. The lowest BCUT2D eigenvalue weighted by Crippen LogP contribution is -2.35. The molecular formula is C18H18ClN3O3S. The fourth-order valence-corrected chi connectivity index (χ4v) is 2.99. The fraction of sp³-hybridized carbons (Fsp3) is 0.333. The maximum Gasteiger partial charge on any atom is 0.312 e. The van der Waals surface area contributed by atoms with Crippen LogP contribution in [-0.4, -0.2) is 30.0 Å². The van der Waals surface area contributed by atoms with E-state index in [1.54, 1.807) is 23.6 Å². The number of nitriles is 1. The second kappa shape index (κ2) is 9.32. The lowest BCUT2D eigenvalue weighted by atomic mass is 10.2. The number of rotatable bonds is 7. The van der Waals surface area contributed by atoms with E-state index < -0.39 is 18.5 Å². The third-order valence-corrected chi connectivity index (χ3v) is 4.80. The molecular weight excluding hydrogens is 374 g/mol. The maximum absolute atomic E-state index is 12.5. The van der Waals surface area contributed by atoms with E-state index in [0.717, 1.165) is 10.6 Å². The highest BCUT2D eigenvalue weighted by atomic mass is 35.5. The van der Waals surface area contributed by atoms with E-state index in [1.807, 2.05) is 19.9 Å². The molecule has 26 heavy (non-hydrogen) atoms. The highest BCUT2D eigenvalue weighted by molar-refractivity contribution is 7.09. The van der Waals surface area contributed by atoms with Crippen molar-refractivity contribution in [1.82, 2.24) is 4.98 Å². The van der Waals surface area contributed by atoms with Gasteiger partial charge in [-0.05, 0) is 37.6 Å². The van der Waals surface area contributed by atoms with Crippen molar-refractivity contribution in [2.45, 2.75) is 26.7 Å². The standard InChI is InChI=1S/C18H18ClN3O3S/c1-12-8-15(4-5-16(12)19)22(7-3-6-20)17(23)10-25-18(24)9-14-11-26-13(2)21-14/h4-5,8,11H,3,7,9-10H2,1-2H3. The molecule has 1 heterocycles. The molecule has 0 N–H and O–H groups in total. The van der Waals surface area contributed by atoms with E-state index in [0.29, 0.717) is 16.4 Å². The molecule has 0 saturated carbocycles. The van der Waals surface area contributed by atoms with Gasteiger partial charge in [-0.15, -0.1) is 11.3 Å². The summed E-state index contributed by atoms with van der Waals surface area (Å²) >= 11 is 7.47. The van der Waals surface area contributed by atoms with Crippen molar-refractivity contribution in [3.8, 4) is 6.07 Å². The summed E-state index contributed by atoms with van der Waals surface area (Å²) < 4.78 is 5.08. The van der Waals surface area contributed by atoms with Gasteiger partial charge in [-0.3, -0.25) is 9.59 Å². The van der Waals surface area contributed by atoms with Crippen LogP contribution in [-0.2, 0) is 20.7 Å². The van der Waals surface area contributed by atoms with Crippen LogP contribution >= 0.6 is 22.9 Å². The third kappa shape index (κ3) is 5.55. The number of aryl methyl sites for hydroxylation is 2. The Morgan fingerprint density at radius 3 is 2.77 bits per heavy atom. The summed E-state index contributed by atoms with van der Waals surface area (Å²) in [7, 11) is 0. The number of esters is 1. The molecule has 6 nitrogen and oxygen atoms in total. The topological polar surface area (TPSA) is 83.3 Å². The van der Waals surface area contributed by atoms with Gasteiger partial charge in [-0.1, -0.05) is 11.6 Å². The van der Waals surface area contributed by atoms with Gasteiger partial charge < -0.3 is 9.64 Å². The maximum atomic E-state index is 12.5. The zero-order chi connectivity index (χ0) is 19.1. The first kappa shape index (κ1) is 19.9. The monoisotopic (exact) mass is 391 g/mol. The highest BCUT2D eigenvalue weighted by Gasteiger charge is 2.18. The van der Waals surface area contributed by atoms with Crippen LogP contribution in [0.4, 0.5) is 5.69 Å². The molecule has 0 aliphatic heterocycles. The molecule has 8 heteroatoms. The molecule has 2 aromatic rings.